The highest BCUT2D eigenvalue weighted by atomic mass is 16.2. The Balaban J connectivity index is 1.69. The molecule has 2 fully saturated rings. The molecule has 4 amide bonds. The predicted octanol–water partition coefficient (Wildman–Crippen LogP) is 3.27. The molecule has 0 aromatic heterocycles. The molecule has 0 bridgehead atoms. The van der Waals surface area contributed by atoms with Crippen molar-refractivity contribution in [3.05, 3.63) is 35.4 Å². The van der Waals surface area contributed by atoms with Crippen LogP contribution in [0, 0.1) is 5.92 Å². The average molecular weight is 386 g/mol. The number of benzene rings is 1. The van der Waals surface area contributed by atoms with Gasteiger partial charge in [-0.2, -0.15) is 0 Å². The number of carbonyl (C=O) groups is 3. The fraction of sp³-hybridized carbons (Fsp3) is 0.591. The highest BCUT2D eigenvalue weighted by Gasteiger charge is 2.49. The third kappa shape index (κ3) is 3.91. The van der Waals surface area contributed by atoms with Gasteiger partial charge in [0, 0.05) is 6.04 Å². The zero-order valence-corrected chi connectivity index (χ0v) is 17.2. The lowest BCUT2D eigenvalue weighted by molar-refractivity contribution is -0.135. The predicted molar refractivity (Wildman–Crippen MR) is 108 cm³/mol. The Hall–Kier alpha value is -2.37. The van der Waals surface area contributed by atoms with Gasteiger partial charge >= 0.3 is 6.03 Å². The van der Waals surface area contributed by atoms with Gasteiger partial charge in [-0.1, -0.05) is 57.9 Å². The fourth-order valence-electron chi connectivity index (χ4n) is 4.16. The van der Waals surface area contributed by atoms with Gasteiger partial charge in [-0.3, -0.25) is 14.5 Å². The van der Waals surface area contributed by atoms with Gasteiger partial charge in [-0.25, -0.2) is 4.79 Å². The van der Waals surface area contributed by atoms with Gasteiger partial charge in [0.2, 0.25) is 5.91 Å². The van der Waals surface area contributed by atoms with Crippen LogP contribution in [0.25, 0.3) is 0 Å². The first-order valence-corrected chi connectivity index (χ1v) is 10.3. The highest BCUT2D eigenvalue weighted by molar-refractivity contribution is 6.09. The molecule has 2 aliphatic rings. The van der Waals surface area contributed by atoms with Crippen LogP contribution in [-0.4, -0.2) is 35.3 Å². The second-order valence-electron chi connectivity index (χ2n) is 8.66. The number of rotatable bonds is 5. The van der Waals surface area contributed by atoms with Crippen LogP contribution in [-0.2, 0) is 15.1 Å². The van der Waals surface area contributed by atoms with Crippen molar-refractivity contribution in [2.24, 2.45) is 5.92 Å². The first kappa shape index (κ1) is 20.4. The number of hydrogen-bond acceptors (Lipinski definition) is 3. The highest BCUT2D eigenvalue weighted by Crippen LogP contribution is 2.30. The first-order valence-electron chi connectivity index (χ1n) is 10.3. The molecular weight excluding hydrogens is 354 g/mol. The number of nitrogens with zero attached hydrogens (tertiary/aromatic N) is 1. The van der Waals surface area contributed by atoms with E-state index in [1.54, 1.807) is 6.92 Å². The summed E-state index contributed by atoms with van der Waals surface area (Å²) in [5, 5.41) is 5.78. The summed E-state index contributed by atoms with van der Waals surface area (Å²) in [5.41, 5.74) is 0.742. The van der Waals surface area contributed by atoms with E-state index in [2.05, 4.69) is 31.4 Å². The van der Waals surface area contributed by atoms with Gasteiger partial charge < -0.3 is 10.6 Å². The van der Waals surface area contributed by atoms with Gasteiger partial charge in [0.1, 0.15) is 12.1 Å². The molecule has 1 heterocycles. The van der Waals surface area contributed by atoms with Crippen molar-refractivity contribution in [1.29, 1.82) is 0 Å². The zero-order chi connectivity index (χ0) is 20.5. The molecule has 2 N–H and O–H groups in total. The molecule has 3 rings (SSSR count). The first-order chi connectivity index (χ1) is 13.2. The molecule has 1 aromatic rings. The SMILES string of the molecule is CC(C)c1ccc([C@@]2(C)NC(=O)N(CC(=O)N[C@@H]3CCCC[C@@H]3C)C2=O)cc1. The maximum absolute atomic E-state index is 13.0. The van der Waals surface area contributed by atoms with Crippen molar-refractivity contribution < 1.29 is 14.4 Å². The Morgan fingerprint density at radius 2 is 1.86 bits per heavy atom. The van der Waals surface area contributed by atoms with Crippen molar-refractivity contribution in [1.82, 2.24) is 15.5 Å². The molecule has 1 aromatic carbocycles. The minimum atomic E-state index is -1.15. The van der Waals surface area contributed by atoms with E-state index >= 15 is 0 Å². The standard InChI is InChI=1S/C22H31N3O3/c1-14(2)16-9-11-17(12-10-16)22(4)20(27)25(21(28)24-22)13-19(26)23-18-8-6-5-7-15(18)3/h9-12,14-15,18H,5-8,13H2,1-4H3,(H,23,26)(H,24,28)/t15-,18+,22+/m0/s1. The fourth-order valence-corrected chi connectivity index (χ4v) is 4.16. The van der Waals surface area contributed by atoms with Crippen LogP contribution in [0.3, 0.4) is 0 Å². The molecule has 1 aliphatic carbocycles. The quantitative estimate of drug-likeness (QED) is 0.764. The van der Waals surface area contributed by atoms with Gasteiger partial charge in [0.15, 0.2) is 0 Å². The van der Waals surface area contributed by atoms with Gasteiger partial charge in [-0.05, 0) is 42.7 Å². The number of amides is 4. The van der Waals surface area contributed by atoms with Crippen molar-refractivity contribution in [3.63, 3.8) is 0 Å². The van der Waals surface area contributed by atoms with Gasteiger partial charge in [-0.15, -0.1) is 0 Å². The number of hydrogen-bond donors (Lipinski definition) is 2. The van der Waals surface area contributed by atoms with E-state index in [-0.39, 0.29) is 24.4 Å². The van der Waals surface area contributed by atoms with E-state index in [1.165, 1.54) is 12.0 Å². The number of carbonyl (C=O) groups excluding carboxylic acids is 3. The Morgan fingerprint density at radius 1 is 1.21 bits per heavy atom. The number of nitrogens with one attached hydrogen (secondary N) is 2. The Labute approximate surface area is 167 Å². The van der Waals surface area contributed by atoms with E-state index in [0.29, 0.717) is 11.8 Å². The molecular formula is C22H31N3O3. The summed E-state index contributed by atoms with van der Waals surface area (Å²) in [5.74, 6) is 0.145. The number of urea groups is 1. The second kappa shape index (κ2) is 7.94. The van der Waals surface area contributed by atoms with E-state index in [1.807, 2.05) is 24.3 Å². The molecule has 0 unspecified atom stereocenters. The molecule has 1 aliphatic heterocycles. The molecule has 28 heavy (non-hydrogen) atoms. The van der Waals surface area contributed by atoms with Crippen molar-refractivity contribution >= 4 is 17.8 Å². The summed E-state index contributed by atoms with van der Waals surface area (Å²) in [6.07, 6.45) is 4.34. The van der Waals surface area contributed by atoms with Gasteiger partial charge in [0.25, 0.3) is 5.91 Å². The molecule has 6 heteroatoms. The maximum Gasteiger partial charge on any atom is 0.325 e. The Bertz CT molecular complexity index is 759. The lowest BCUT2D eigenvalue weighted by Crippen LogP contribution is -2.47. The molecule has 1 saturated heterocycles. The Kier molecular flexibility index (Phi) is 5.77. The van der Waals surface area contributed by atoms with Crippen molar-refractivity contribution in [3.8, 4) is 0 Å². The molecule has 0 spiro atoms. The average Bonchev–Trinajstić information content (AvgIpc) is 2.88. The van der Waals surface area contributed by atoms with Crippen LogP contribution in [0.5, 0.6) is 0 Å². The topological polar surface area (TPSA) is 78.5 Å². The summed E-state index contributed by atoms with van der Waals surface area (Å²) < 4.78 is 0. The van der Waals surface area contributed by atoms with Crippen LogP contribution in [0.2, 0.25) is 0 Å². The summed E-state index contributed by atoms with van der Waals surface area (Å²) >= 11 is 0. The van der Waals surface area contributed by atoms with Crippen LogP contribution >= 0.6 is 0 Å². The van der Waals surface area contributed by atoms with Crippen LogP contribution in [0.4, 0.5) is 4.79 Å². The normalized spacial score (nSPS) is 27.8. The van der Waals surface area contributed by atoms with Crippen LogP contribution in [0.15, 0.2) is 24.3 Å². The molecule has 3 atom stereocenters. The smallest absolute Gasteiger partial charge is 0.325 e. The van der Waals surface area contributed by atoms with Crippen molar-refractivity contribution in [2.45, 2.75) is 70.9 Å². The summed E-state index contributed by atoms with van der Waals surface area (Å²) in [4.78, 5) is 39.0. The minimum Gasteiger partial charge on any atom is -0.352 e. The lowest BCUT2D eigenvalue weighted by Gasteiger charge is -2.30. The maximum atomic E-state index is 13.0. The van der Waals surface area contributed by atoms with Crippen LogP contribution < -0.4 is 10.6 Å². The number of imide groups is 1. The van der Waals surface area contributed by atoms with E-state index in [0.717, 1.165) is 29.7 Å². The summed E-state index contributed by atoms with van der Waals surface area (Å²) in [6.45, 7) is 7.79. The minimum absolute atomic E-state index is 0.122. The molecule has 152 valence electrons. The zero-order valence-electron chi connectivity index (χ0n) is 17.2. The molecule has 1 saturated carbocycles. The summed E-state index contributed by atoms with van der Waals surface area (Å²) in [7, 11) is 0. The lowest BCUT2D eigenvalue weighted by atomic mass is 9.86. The largest absolute Gasteiger partial charge is 0.352 e. The third-order valence-electron chi connectivity index (χ3n) is 6.19. The summed E-state index contributed by atoms with van der Waals surface area (Å²) in [6, 6.07) is 7.31. The third-order valence-corrected chi connectivity index (χ3v) is 6.19. The van der Waals surface area contributed by atoms with Crippen molar-refractivity contribution in [2.75, 3.05) is 6.54 Å². The molecule has 6 nitrogen and oxygen atoms in total. The van der Waals surface area contributed by atoms with E-state index in [9.17, 15) is 14.4 Å². The van der Waals surface area contributed by atoms with Gasteiger partial charge in [0.05, 0.1) is 0 Å². The van der Waals surface area contributed by atoms with E-state index in [4.69, 9.17) is 0 Å². The van der Waals surface area contributed by atoms with E-state index < -0.39 is 11.6 Å². The monoisotopic (exact) mass is 385 g/mol. The van der Waals surface area contributed by atoms with Crippen LogP contribution in [0.1, 0.15) is 70.4 Å². The Morgan fingerprint density at radius 3 is 2.46 bits per heavy atom. The second-order valence-corrected chi connectivity index (χ2v) is 8.66. The molecule has 0 radical (unpaired) electrons.